The highest BCUT2D eigenvalue weighted by Crippen LogP contribution is 2.23. The van der Waals surface area contributed by atoms with Crippen LogP contribution in [-0.4, -0.2) is 41.1 Å². The van der Waals surface area contributed by atoms with Crippen molar-refractivity contribution in [2.24, 2.45) is 0 Å². The maximum Gasteiger partial charge on any atom is 0.226 e. The minimum atomic E-state index is 0.390. The van der Waals surface area contributed by atoms with Gasteiger partial charge in [0.2, 0.25) is 5.95 Å². The molecular formula is C14H15N7. The first-order valence-corrected chi connectivity index (χ1v) is 6.70. The van der Waals surface area contributed by atoms with E-state index in [0.717, 1.165) is 31.9 Å². The molecule has 0 amide bonds. The SMILES string of the molecule is N#Cc1ccnc(N2CCN(c3ccncc3N)CC2)n1. The fourth-order valence-electron chi connectivity index (χ4n) is 2.40. The van der Waals surface area contributed by atoms with Crippen molar-refractivity contribution in [1.82, 2.24) is 15.0 Å². The Balaban J connectivity index is 1.71. The zero-order valence-corrected chi connectivity index (χ0v) is 11.5. The Morgan fingerprint density at radius 2 is 1.86 bits per heavy atom. The van der Waals surface area contributed by atoms with Gasteiger partial charge in [-0.3, -0.25) is 4.98 Å². The highest BCUT2D eigenvalue weighted by Gasteiger charge is 2.20. The van der Waals surface area contributed by atoms with Gasteiger partial charge in [-0.05, 0) is 12.1 Å². The number of rotatable bonds is 2. The van der Waals surface area contributed by atoms with Crippen LogP contribution >= 0.6 is 0 Å². The molecule has 1 aliphatic rings. The van der Waals surface area contributed by atoms with E-state index in [1.54, 1.807) is 24.7 Å². The van der Waals surface area contributed by atoms with Crippen LogP contribution in [0.5, 0.6) is 0 Å². The summed E-state index contributed by atoms with van der Waals surface area (Å²) in [5, 5.41) is 8.89. The average molecular weight is 281 g/mol. The summed E-state index contributed by atoms with van der Waals surface area (Å²) >= 11 is 0. The molecule has 0 radical (unpaired) electrons. The standard InChI is InChI=1S/C14H15N7/c15-9-11-1-4-18-14(19-11)21-7-5-20(6-8-21)13-2-3-17-10-12(13)16/h1-4,10H,5-8,16H2. The van der Waals surface area contributed by atoms with Crippen molar-refractivity contribution in [3.8, 4) is 6.07 Å². The average Bonchev–Trinajstić information content (AvgIpc) is 2.56. The van der Waals surface area contributed by atoms with Gasteiger partial charge in [-0.15, -0.1) is 0 Å². The number of anilines is 3. The third kappa shape index (κ3) is 2.69. The molecular weight excluding hydrogens is 266 g/mol. The van der Waals surface area contributed by atoms with Gasteiger partial charge in [0.1, 0.15) is 11.8 Å². The summed E-state index contributed by atoms with van der Waals surface area (Å²) in [6.45, 7) is 3.23. The van der Waals surface area contributed by atoms with E-state index in [4.69, 9.17) is 11.0 Å². The van der Waals surface area contributed by atoms with Crippen molar-refractivity contribution >= 4 is 17.3 Å². The lowest BCUT2D eigenvalue weighted by Crippen LogP contribution is -2.47. The lowest BCUT2D eigenvalue weighted by atomic mass is 10.2. The Morgan fingerprint density at radius 1 is 1.10 bits per heavy atom. The van der Waals surface area contributed by atoms with Crippen molar-refractivity contribution < 1.29 is 0 Å². The summed E-state index contributed by atoms with van der Waals surface area (Å²) in [6, 6.07) is 5.57. The molecule has 0 bridgehead atoms. The number of nitrogens with zero attached hydrogens (tertiary/aromatic N) is 6. The summed E-state index contributed by atoms with van der Waals surface area (Å²) in [6.07, 6.45) is 5.03. The third-order valence-corrected chi connectivity index (χ3v) is 3.49. The van der Waals surface area contributed by atoms with Gasteiger partial charge in [0.05, 0.1) is 17.6 Å². The minimum Gasteiger partial charge on any atom is -0.396 e. The lowest BCUT2D eigenvalue weighted by molar-refractivity contribution is 0.640. The Kier molecular flexibility index (Phi) is 3.51. The zero-order chi connectivity index (χ0) is 14.7. The number of piperazine rings is 1. The van der Waals surface area contributed by atoms with Gasteiger partial charge in [-0.2, -0.15) is 5.26 Å². The fraction of sp³-hybridized carbons (Fsp3) is 0.286. The molecule has 1 saturated heterocycles. The molecule has 7 heteroatoms. The van der Waals surface area contributed by atoms with E-state index in [1.807, 2.05) is 12.1 Å². The van der Waals surface area contributed by atoms with E-state index in [9.17, 15) is 0 Å². The second kappa shape index (κ2) is 5.63. The van der Waals surface area contributed by atoms with Gasteiger partial charge in [-0.25, -0.2) is 9.97 Å². The summed E-state index contributed by atoms with van der Waals surface area (Å²) in [5.41, 5.74) is 8.05. The molecule has 21 heavy (non-hydrogen) atoms. The second-order valence-electron chi connectivity index (χ2n) is 4.76. The highest BCUT2D eigenvalue weighted by atomic mass is 15.3. The quantitative estimate of drug-likeness (QED) is 0.863. The van der Waals surface area contributed by atoms with Gasteiger partial charge in [0.25, 0.3) is 0 Å². The molecule has 0 atom stereocenters. The number of hydrogen-bond donors (Lipinski definition) is 1. The number of nitriles is 1. The zero-order valence-electron chi connectivity index (χ0n) is 11.5. The van der Waals surface area contributed by atoms with E-state index < -0.39 is 0 Å². The minimum absolute atomic E-state index is 0.390. The number of nitrogens with two attached hydrogens (primary N) is 1. The molecule has 2 aromatic rings. The number of pyridine rings is 1. The molecule has 106 valence electrons. The van der Waals surface area contributed by atoms with Gasteiger partial charge in [0.15, 0.2) is 0 Å². The molecule has 7 nitrogen and oxygen atoms in total. The van der Waals surface area contributed by atoms with Gasteiger partial charge in [0, 0.05) is 38.6 Å². The van der Waals surface area contributed by atoms with Crippen LogP contribution < -0.4 is 15.5 Å². The van der Waals surface area contributed by atoms with Crippen LogP contribution in [0.1, 0.15) is 5.69 Å². The van der Waals surface area contributed by atoms with Crippen molar-refractivity contribution in [2.75, 3.05) is 41.7 Å². The molecule has 1 fully saturated rings. The van der Waals surface area contributed by atoms with Crippen LogP contribution in [0.4, 0.5) is 17.3 Å². The Bertz CT molecular complexity index is 671. The molecule has 1 aliphatic heterocycles. The fourth-order valence-corrected chi connectivity index (χ4v) is 2.40. The monoisotopic (exact) mass is 281 g/mol. The summed E-state index contributed by atoms with van der Waals surface area (Å²) in [7, 11) is 0. The van der Waals surface area contributed by atoms with Crippen LogP contribution in [0, 0.1) is 11.3 Å². The van der Waals surface area contributed by atoms with Crippen LogP contribution in [0.25, 0.3) is 0 Å². The topological polar surface area (TPSA) is 95.0 Å². The summed E-state index contributed by atoms with van der Waals surface area (Å²) in [5.74, 6) is 0.608. The van der Waals surface area contributed by atoms with E-state index in [-0.39, 0.29) is 0 Å². The molecule has 3 rings (SSSR count). The lowest BCUT2D eigenvalue weighted by Gasteiger charge is -2.36. The second-order valence-corrected chi connectivity index (χ2v) is 4.76. The molecule has 0 aromatic carbocycles. The van der Waals surface area contributed by atoms with Crippen LogP contribution in [-0.2, 0) is 0 Å². The van der Waals surface area contributed by atoms with E-state index in [0.29, 0.717) is 17.3 Å². The van der Waals surface area contributed by atoms with Crippen molar-refractivity contribution in [2.45, 2.75) is 0 Å². The maximum absolute atomic E-state index is 8.89. The van der Waals surface area contributed by atoms with Crippen LogP contribution in [0.3, 0.4) is 0 Å². The van der Waals surface area contributed by atoms with Gasteiger partial charge < -0.3 is 15.5 Å². The molecule has 2 aromatic heterocycles. The highest BCUT2D eigenvalue weighted by molar-refractivity contribution is 5.66. The largest absolute Gasteiger partial charge is 0.396 e. The van der Waals surface area contributed by atoms with Gasteiger partial charge in [-0.1, -0.05) is 0 Å². The molecule has 0 unspecified atom stereocenters. The number of hydrogen-bond acceptors (Lipinski definition) is 7. The summed E-state index contributed by atoms with van der Waals surface area (Å²) < 4.78 is 0. The Hall–Kier alpha value is -2.88. The van der Waals surface area contributed by atoms with Crippen molar-refractivity contribution in [3.05, 3.63) is 36.4 Å². The smallest absolute Gasteiger partial charge is 0.226 e. The molecule has 2 N–H and O–H groups in total. The van der Waals surface area contributed by atoms with Crippen LogP contribution in [0.15, 0.2) is 30.7 Å². The van der Waals surface area contributed by atoms with Crippen LogP contribution in [0.2, 0.25) is 0 Å². The van der Waals surface area contributed by atoms with Crippen molar-refractivity contribution in [1.29, 1.82) is 5.26 Å². The van der Waals surface area contributed by atoms with Crippen molar-refractivity contribution in [3.63, 3.8) is 0 Å². The Morgan fingerprint density at radius 3 is 2.57 bits per heavy atom. The number of nitrogen functional groups attached to an aromatic ring is 1. The first-order valence-electron chi connectivity index (χ1n) is 6.70. The van der Waals surface area contributed by atoms with E-state index in [1.165, 1.54) is 0 Å². The first kappa shape index (κ1) is 13.1. The predicted octanol–water partition coefficient (Wildman–Crippen LogP) is 0.652. The van der Waals surface area contributed by atoms with Gasteiger partial charge >= 0.3 is 0 Å². The van der Waals surface area contributed by atoms with E-state index in [2.05, 4.69) is 24.8 Å². The number of aromatic nitrogens is 3. The molecule has 3 heterocycles. The Labute approximate surface area is 122 Å². The van der Waals surface area contributed by atoms with E-state index >= 15 is 0 Å². The normalized spacial score (nSPS) is 14.8. The molecule has 0 saturated carbocycles. The molecule has 0 spiro atoms. The molecule has 0 aliphatic carbocycles. The third-order valence-electron chi connectivity index (χ3n) is 3.49. The maximum atomic E-state index is 8.89. The first-order chi connectivity index (χ1) is 10.3. The summed E-state index contributed by atoms with van der Waals surface area (Å²) in [4.78, 5) is 16.8. The predicted molar refractivity (Wildman–Crippen MR) is 79.8 cm³/mol.